The Kier molecular flexibility index (Phi) is 7.07. The molecule has 0 heterocycles. The van der Waals surface area contributed by atoms with Crippen molar-refractivity contribution < 1.29 is 9.59 Å². The van der Waals surface area contributed by atoms with Gasteiger partial charge in [0.1, 0.15) is 0 Å². The molecule has 0 spiro atoms. The maximum Gasteiger partial charge on any atom is 0.321 e. The molecule has 0 aliphatic heterocycles. The highest BCUT2D eigenvalue weighted by molar-refractivity contribution is 5.96. The minimum absolute atomic E-state index is 0.0943. The highest BCUT2D eigenvalue weighted by Gasteiger charge is 2.17. The Morgan fingerprint density at radius 1 is 1.09 bits per heavy atom. The number of urea groups is 1. The van der Waals surface area contributed by atoms with E-state index < -0.39 is 0 Å². The number of rotatable bonds is 6. The average Bonchev–Trinajstić information content (AvgIpc) is 2.46. The number of hydrogen-bond donors (Lipinski definition) is 2. The van der Waals surface area contributed by atoms with Gasteiger partial charge in [-0.2, -0.15) is 0 Å². The number of benzene rings is 1. The molecule has 1 aromatic rings. The summed E-state index contributed by atoms with van der Waals surface area (Å²) in [5.41, 5.74) is 2.19. The summed E-state index contributed by atoms with van der Waals surface area (Å²) in [5.74, 6) is 0.694. The summed E-state index contributed by atoms with van der Waals surface area (Å²) in [4.78, 5) is 26.0. The van der Waals surface area contributed by atoms with Gasteiger partial charge in [-0.05, 0) is 42.5 Å². The van der Waals surface area contributed by atoms with Crippen molar-refractivity contribution in [2.45, 2.75) is 34.6 Å². The molecule has 1 rings (SSSR count). The number of hydrogen-bond acceptors (Lipinski definition) is 2. The van der Waals surface area contributed by atoms with Crippen LogP contribution in [0.3, 0.4) is 0 Å². The molecule has 128 valence electrons. The molecule has 0 unspecified atom stereocenters. The molecule has 5 nitrogen and oxygen atoms in total. The van der Waals surface area contributed by atoms with Gasteiger partial charge in [0.15, 0.2) is 0 Å². The largest absolute Gasteiger partial charge is 0.355 e. The van der Waals surface area contributed by atoms with E-state index in [4.69, 9.17) is 0 Å². The van der Waals surface area contributed by atoms with Gasteiger partial charge in [-0.1, -0.05) is 27.7 Å². The summed E-state index contributed by atoms with van der Waals surface area (Å²) >= 11 is 0. The topological polar surface area (TPSA) is 61.4 Å². The van der Waals surface area contributed by atoms with Crippen molar-refractivity contribution >= 4 is 17.6 Å². The highest BCUT2D eigenvalue weighted by atomic mass is 16.2. The number of nitrogens with one attached hydrogen (secondary N) is 2. The summed E-state index contributed by atoms with van der Waals surface area (Å²) in [7, 11) is 1.60. The molecule has 0 bridgehead atoms. The standard InChI is InChI=1S/C18H29N3O2/c1-12(2)10-21(11-13(3)4)18(23)20-16-8-7-15(9-14(16)5)17(22)19-6/h7-9,12-13H,10-11H2,1-6H3,(H,19,22)(H,20,23). The van der Waals surface area contributed by atoms with Crippen LogP contribution in [0.1, 0.15) is 43.6 Å². The summed E-state index contributed by atoms with van der Waals surface area (Å²) < 4.78 is 0. The van der Waals surface area contributed by atoms with Crippen LogP contribution in [0.2, 0.25) is 0 Å². The van der Waals surface area contributed by atoms with Crippen LogP contribution in [0, 0.1) is 18.8 Å². The van der Waals surface area contributed by atoms with E-state index in [9.17, 15) is 9.59 Å². The van der Waals surface area contributed by atoms with Gasteiger partial charge in [0.25, 0.3) is 5.91 Å². The lowest BCUT2D eigenvalue weighted by Gasteiger charge is -2.27. The van der Waals surface area contributed by atoms with Crippen LogP contribution in [-0.4, -0.2) is 37.0 Å². The Morgan fingerprint density at radius 3 is 2.09 bits per heavy atom. The molecule has 0 aliphatic rings. The molecule has 1 aromatic carbocycles. The third-order valence-electron chi connectivity index (χ3n) is 3.42. The molecule has 0 saturated carbocycles. The van der Waals surface area contributed by atoms with E-state index in [1.807, 2.05) is 11.8 Å². The van der Waals surface area contributed by atoms with E-state index in [1.54, 1.807) is 25.2 Å². The first-order valence-electron chi connectivity index (χ1n) is 8.13. The summed E-state index contributed by atoms with van der Waals surface area (Å²) in [6, 6.07) is 5.18. The average molecular weight is 319 g/mol. The van der Waals surface area contributed by atoms with Crippen molar-refractivity contribution in [2.24, 2.45) is 11.8 Å². The lowest BCUT2D eigenvalue weighted by atomic mass is 10.1. The Balaban J connectivity index is 2.87. The second-order valence-corrected chi connectivity index (χ2v) is 6.73. The third-order valence-corrected chi connectivity index (χ3v) is 3.42. The van der Waals surface area contributed by atoms with Gasteiger partial charge < -0.3 is 15.5 Å². The molecule has 0 aliphatic carbocycles. The normalized spacial score (nSPS) is 10.8. The van der Waals surface area contributed by atoms with Gasteiger partial charge in [-0.3, -0.25) is 4.79 Å². The van der Waals surface area contributed by atoms with Crippen molar-refractivity contribution in [3.63, 3.8) is 0 Å². The smallest absolute Gasteiger partial charge is 0.321 e. The Labute approximate surface area is 139 Å². The van der Waals surface area contributed by atoms with Crippen LogP contribution in [0.25, 0.3) is 0 Å². The number of amides is 3. The fourth-order valence-electron chi connectivity index (χ4n) is 2.41. The van der Waals surface area contributed by atoms with E-state index in [2.05, 4.69) is 38.3 Å². The van der Waals surface area contributed by atoms with Gasteiger partial charge in [-0.25, -0.2) is 4.79 Å². The predicted molar refractivity (Wildman–Crippen MR) is 94.8 cm³/mol. The van der Waals surface area contributed by atoms with Gasteiger partial charge in [0.2, 0.25) is 0 Å². The summed E-state index contributed by atoms with van der Waals surface area (Å²) in [6.45, 7) is 11.7. The number of carbonyl (C=O) groups excluding carboxylic acids is 2. The lowest BCUT2D eigenvalue weighted by Crippen LogP contribution is -2.40. The quantitative estimate of drug-likeness (QED) is 0.843. The molecule has 0 radical (unpaired) electrons. The molecule has 2 N–H and O–H groups in total. The molecule has 0 atom stereocenters. The fraction of sp³-hybridized carbons (Fsp3) is 0.556. The van der Waals surface area contributed by atoms with Crippen molar-refractivity contribution in [3.05, 3.63) is 29.3 Å². The van der Waals surface area contributed by atoms with Crippen LogP contribution >= 0.6 is 0 Å². The van der Waals surface area contributed by atoms with E-state index >= 15 is 0 Å². The minimum Gasteiger partial charge on any atom is -0.355 e. The molecular weight excluding hydrogens is 290 g/mol. The van der Waals surface area contributed by atoms with Crippen LogP contribution in [0.5, 0.6) is 0 Å². The van der Waals surface area contributed by atoms with E-state index in [1.165, 1.54) is 0 Å². The van der Waals surface area contributed by atoms with Crippen molar-refractivity contribution in [1.82, 2.24) is 10.2 Å². The zero-order valence-corrected chi connectivity index (χ0v) is 15.1. The molecule has 0 fully saturated rings. The first-order valence-corrected chi connectivity index (χ1v) is 8.13. The lowest BCUT2D eigenvalue weighted by molar-refractivity contribution is 0.0963. The fourth-order valence-corrected chi connectivity index (χ4v) is 2.41. The van der Waals surface area contributed by atoms with E-state index in [0.29, 0.717) is 17.4 Å². The number of nitrogens with zero attached hydrogens (tertiary/aromatic N) is 1. The van der Waals surface area contributed by atoms with Crippen LogP contribution in [0.15, 0.2) is 18.2 Å². The third kappa shape index (κ3) is 5.93. The Morgan fingerprint density at radius 2 is 1.65 bits per heavy atom. The van der Waals surface area contributed by atoms with Crippen molar-refractivity contribution in [1.29, 1.82) is 0 Å². The molecule has 23 heavy (non-hydrogen) atoms. The SMILES string of the molecule is CNC(=O)c1ccc(NC(=O)N(CC(C)C)CC(C)C)c(C)c1. The minimum atomic E-state index is -0.132. The highest BCUT2D eigenvalue weighted by Crippen LogP contribution is 2.18. The Hall–Kier alpha value is -2.04. The maximum absolute atomic E-state index is 12.5. The second kappa shape index (κ2) is 8.56. The molecule has 0 aromatic heterocycles. The first kappa shape index (κ1) is 19.0. The first-order chi connectivity index (χ1) is 10.7. The molecular formula is C18H29N3O2. The van der Waals surface area contributed by atoms with Gasteiger partial charge in [-0.15, -0.1) is 0 Å². The number of carbonyl (C=O) groups is 2. The summed E-state index contributed by atoms with van der Waals surface area (Å²) in [5, 5.41) is 5.56. The van der Waals surface area contributed by atoms with Crippen molar-refractivity contribution in [3.8, 4) is 0 Å². The van der Waals surface area contributed by atoms with Gasteiger partial charge in [0.05, 0.1) is 0 Å². The maximum atomic E-state index is 12.5. The molecule has 5 heteroatoms. The molecule has 0 saturated heterocycles. The zero-order valence-electron chi connectivity index (χ0n) is 15.1. The van der Waals surface area contributed by atoms with Crippen molar-refractivity contribution in [2.75, 3.05) is 25.5 Å². The van der Waals surface area contributed by atoms with E-state index in [0.717, 1.165) is 24.3 Å². The number of anilines is 1. The van der Waals surface area contributed by atoms with Gasteiger partial charge >= 0.3 is 6.03 Å². The summed E-state index contributed by atoms with van der Waals surface area (Å²) in [6.07, 6.45) is 0. The number of aryl methyl sites for hydroxylation is 1. The predicted octanol–water partition coefficient (Wildman–Crippen LogP) is 3.50. The second-order valence-electron chi connectivity index (χ2n) is 6.73. The Bertz CT molecular complexity index is 543. The van der Waals surface area contributed by atoms with Crippen LogP contribution in [0.4, 0.5) is 10.5 Å². The molecule has 3 amide bonds. The van der Waals surface area contributed by atoms with E-state index in [-0.39, 0.29) is 11.9 Å². The zero-order chi connectivity index (χ0) is 17.6. The monoisotopic (exact) mass is 319 g/mol. The van der Waals surface area contributed by atoms with Crippen LogP contribution in [-0.2, 0) is 0 Å². The van der Waals surface area contributed by atoms with Gasteiger partial charge in [0, 0.05) is 31.4 Å². The van der Waals surface area contributed by atoms with Crippen LogP contribution < -0.4 is 10.6 Å².